The molecule has 0 saturated carbocycles. The van der Waals surface area contributed by atoms with E-state index < -0.39 is 6.10 Å². The monoisotopic (exact) mass is 1080 g/mol. The van der Waals surface area contributed by atoms with Crippen molar-refractivity contribution in [2.75, 3.05) is 13.2 Å². The van der Waals surface area contributed by atoms with Crippen LogP contribution in [0.3, 0.4) is 0 Å². The van der Waals surface area contributed by atoms with Crippen LogP contribution in [0, 0.1) is 0 Å². The number of esters is 3. The average Bonchev–Trinajstić information content (AvgIpc) is 3.44. The van der Waals surface area contributed by atoms with Crippen LogP contribution in [0.25, 0.3) is 0 Å². The Morgan fingerprint density at radius 3 is 0.782 bits per heavy atom. The predicted octanol–water partition coefficient (Wildman–Crippen LogP) is 22.8. The van der Waals surface area contributed by atoms with E-state index in [1.54, 1.807) is 0 Å². The third kappa shape index (κ3) is 63.2. The molecule has 0 spiro atoms. The second-order valence-electron chi connectivity index (χ2n) is 22.0. The van der Waals surface area contributed by atoms with Gasteiger partial charge in [0.15, 0.2) is 6.10 Å². The Morgan fingerprint density at radius 1 is 0.269 bits per heavy atom. The van der Waals surface area contributed by atoms with Crippen LogP contribution in [0.5, 0.6) is 0 Å². The van der Waals surface area contributed by atoms with Crippen molar-refractivity contribution in [2.45, 2.75) is 329 Å². The van der Waals surface area contributed by atoms with Gasteiger partial charge in [-0.05, 0) is 83.5 Å². The van der Waals surface area contributed by atoms with Crippen molar-refractivity contribution in [1.82, 2.24) is 0 Å². The SMILES string of the molecule is CC/C=C\C/C=C\C/C=C\C/C=C\C/C=C\C/C=C\C/C=C\C/C=C\CCCCC(=O)OCC(COC(=O)CCCCCCCCCC)OC(=O)CCCCCCCCCCCCCCCCCCCCCCCCCCC. The molecule has 0 N–H and O–H groups in total. The summed E-state index contributed by atoms with van der Waals surface area (Å²) >= 11 is 0. The van der Waals surface area contributed by atoms with Gasteiger partial charge in [-0.25, -0.2) is 0 Å². The molecule has 0 aromatic carbocycles. The van der Waals surface area contributed by atoms with Crippen LogP contribution in [-0.2, 0) is 28.6 Å². The maximum atomic E-state index is 12.9. The summed E-state index contributed by atoms with van der Waals surface area (Å²) in [4.78, 5) is 38.2. The molecule has 0 amide bonds. The fourth-order valence-corrected chi connectivity index (χ4v) is 9.40. The maximum Gasteiger partial charge on any atom is 0.306 e. The van der Waals surface area contributed by atoms with Crippen molar-refractivity contribution in [3.8, 4) is 0 Å². The maximum absolute atomic E-state index is 12.9. The summed E-state index contributed by atoms with van der Waals surface area (Å²) in [7, 11) is 0. The Kier molecular flexibility index (Phi) is 62.7. The zero-order chi connectivity index (χ0) is 56.4. The van der Waals surface area contributed by atoms with Crippen LogP contribution in [0.2, 0.25) is 0 Å². The number of hydrogen-bond donors (Lipinski definition) is 0. The highest BCUT2D eigenvalue weighted by Gasteiger charge is 2.19. The smallest absolute Gasteiger partial charge is 0.306 e. The quantitative estimate of drug-likeness (QED) is 0.0261. The minimum Gasteiger partial charge on any atom is -0.462 e. The van der Waals surface area contributed by atoms with Gasteiger partial charge in [-0.1, -0.05) is 317 Å². The van der Waals surface area contributed by atoms with Crippen LogP contribution in [0.15, 0.2) is 97.2 Å². The van der Waals surface area contributed by atoms with E-state index in [9.17, 15) is 14.4 Å². The van der Waals surface area contributed by atoms with Crippen molar-refractivity contribution in [3.05, 3.63) is 97.2 Å². The van der Waals surface area contributed by atoms with Crippen LogP contribution in [-0.4, -0.2) is 37.2 Å². The second-order valence-corrected chi connectivity index (χ2v) is 22.0. The first-order valence-corrected chi connectivity index (χ1v) is 33.2. The minimum atomic E-state index is -0.793. The summed E-state index contributed by atoms with van der Waals surface area (Å²) in [6.45, 7) is 6.49. The number of ether oxygens (including phenoxy) is 3. The Bertz CT molecular complexity index is 1530. The summed E-state index contributed by atoms with van der Waals surface area (Å²) in [5.41, 5.74) is 0. The molecule has 6 nitrogen and oxygen atoms in total. The number of unbranched alkanes of at least 4 members (excludes halogenated alkanes) is 33. The predicted molar refractivity (Wildman–Crippen MR) is 339 cm³/mol. The molecule has 0 heterocycles. The van der Waals surface area contributed by atoms with Crippen molar-refractivity contribution in [3.63, 3.8) is 0 Å². The molecule has 0 saturated heterocycles. The lowest BCUT2D eigenvalue weighted by Crippen LogP contribution is -2.30. The lowest BCUT2D eigenvalue weighted by atomic mass is 10.0. The normalized spacial score (nSPS) is 12.7. The van der Waals surface area contributed by atoms with Gasteiger partial charge in [0.25, 0.3) is 0 Å². The molecule has 0 aliphatic rings. The summed E-state index contributed by atoms with van der Waals surface area (Å²) in [6.07, 6.45) is 88.8. The van der Waals surface area contributed by atoms with Gasteiger partial charge in [0.2, 0.25) is 0 Å². The van der Waals surface area contributed by atoms with Gasteiger partial charge >= 0.3 is 17.9 Å². The second kappa shape index (κ2) is 65.8. The van der Waals surface area contributed by atoms with E-state index >= 15 is 0 Å². The number of hydrogen-bond acceptors (Lipinski definition) is 6. The number of rotatable bonds is 60. The Morgan fingerprint density at radius 2 is 0.500 bits per heavy atom. The van der Waals surface area contributed by atoms with Crippen LogP contribution in [0.1, 0.15) is 323 Å². The van der Waals surface area contributed by atoms with E-state index in [0.717, 1.165) is 109 Å². The van der Waals surface area contributed by atoms with E-state index in [-0.39, 0.29) is 31.1 Å². The first-order chi connectivity index (χ1) is 38.5. The van der Waals surface area contributed by atoms with Gasteiger partial charge in [-0.2, -0.15) is 0 Å². The first-order valence-electron chi connectivity index (χ1n) is 33.2. The molecule has 0 aromatic rings. The molecule has 0 bridgehead atoms. The largest absolute Gasteiger partial charge is 0.462 e. The highest BCUT2D eigenvalue weighted by Crippen LogP contribution is 2.17. The Labute approximate surface area is 483 Å². The van der Waals surface area contributed by atoms with Crippen molar-refractivity contribution >= 4 is 17.9 Å². The Hall–Kier alpha value is -3.67. The molecule has 0 rings (SSSR count). The van der Waals surface area contributed by atoms with Gasteiger partial charge in [0.05, 0.1) is 0 Å². The standard InChI is InChI=1S/C72H124O6/c1-4-7-10-13-16-19-21-23-25-27-29-31-33-35-36-38-39-41-43-45-47-49-51-53-56-59-62-65-71(74)77-68-69(67-76-70(73)64-61-58-55-18-15-12-9-6-3)78-72(75)66-63-60-57-54-52-50-48-46-44-42-40-37-34-32-30-28-26-24-22-20-17-14-11-8-5-2/h7,10,16,19,23,25,29,31,35-36,39,41,45,47,51,53,69H,4-6,8-9,11-15,17-18,20-22,24,26-28,30,32-34,37-38,40,42-44,46,48-50,52,54-68H2,1-3H3/b10-7-,19-16-,25-23-,31-29-,36-35-,41-39-,47-45-,53-51-. The lowest BCUT2D eigenvalue weighted by Gasteiger charge is -2.18. The minimum absolute atomic E-state index is 0.0883. The molecule has 448 valence electrons. The summed E-state index contributed by atoms with van der Waals surface area (Å²) in [5.74, 6) is -0.926. The third-order valence-corrected chi connectivity index (χ3v) is 14.4. The average molecular weight is 1090 g/mol. The molecule has 0 aromatic heterocycles. The molecule has 0 aliphatic heterocycles. The molecule has 0 fully saturated rings. The van der Waals surface area contributed by atoms with E-state index in [1.807, 2.05) is 0 Å². The molecule has 78 heavy (non-hydrogen) atoms. The van der Waals surface area contributed by atoms with Gasteiger partial charge in [0.1, 0.15) is 13.2 Å². The van der Waals surface area contributed by atoms with E-state index in [1.165, 1.54) is 173 Å². The lowest BCUT2D eigenvalue weighted by molar-refractivity contribution is -0.167. The molecule has 6 heteroatoms. The molecule has 1 unspecified atom stereocenters. The number of carbonyl (C=O) groups excluding carboxylic acids is 3. The highest BCUT2D eigenvalue weighted by atomic mass is 16.6. The molecular formula is C72H124O6. The van der Waals surface area contributed by atoms with Gasteiger partial charge in [0, 0.05) is 19.3 Å². The Balaban J connectivity index is 4.24. The van der Waals surface area contributed by atoms with E-state index in [4.69, 9.17) is 14.2 Å². The van der Waals surface area contributed by atoms with Crippen LogP contribution in [0.4, 0.5) is 0 Å². The van der Waals surface area contributed by atoms with Crippen molar-refractivity contribution < 1.29 is 28.6 Å². The van der Waals surface area contributed by atoms with Crippen molar-refractivity contribution in [1.29, 1.82) is 0 Å². The third-order valence-electron chi connectivity index (χ3n) is 14.4. The fraction of sp³-hybridized carbons (Fsp3) is 0.736. The molecular weight excluding hydrogens is 961 g/mol. The van der Waals surface area contributed by atoms with Gasteiger partial charge < -0.3 is 14.2 Å². The summed E-state index contributed by atoms with van der Waals surface area (Å²) in [6, 6.07) is 0. The fourth-order valence-electron chi connectivity index (χ4n) is 9.40. The van der Waals surface area contributed by atoms with E-state index in [2.05, 4.69) is 118 Å². The first kappa shape index (κ1) is 74.3. The number of allylic oxidation sites excluding steroid dienone is 16. The zero-order valence-corrected chi connectivity index (χ0v) is 51.4. The van der Waals surface area contributed by atoms with Crippen LogP contribution >= 0.6 is 0 Å². The van der Waals surface area contributed by atoms with Gasteiger partial charge in [-0.3, -0.25) is 14.4 Å². The highest BCUT2D eigenvalue weighted by molar-refractivity contribution is 5.71. The molecule has 0 aliphatic carbocycles. The molecule has 1 atom stereocenters. The van der Waals surface area contributed by atoms with Crippen molar-refractivity contribution in [2.24, 2.45) is 0 Å². The summed E-state index contributed by atoms with van der Waals surface area (Å²) in [5, 5.41) is 0. The topological polar surface area (TPSA) is 78.9 Å². The van der Waals surface area contributed by atoms with E-state index in [0.29, 0.717) is 19.3 Å². The zero-order valence-electron chi connectivity index (χ0n) is 51.4. The molecule has 0 radical (unpaired) electrons. The van der Waals surface area contributed by atoms with Crippen LogP contribution < -0.4 is 0 Å². The van der Waals surface area contributed by atoms with Gasteiger partial charge in [-0.15, -0.1) is 0 Å². The number of carbonyl (C=O) groups is 3. The summed E-state index contributed by atoms with van der Waals surface area (Å²) < 4.78 is 16.8.